The van der Waals surface area contributed by atoms with Gasteiger partial charge in [0.05, 0.1) is 29.3 Å². The van der Waals surface area contributed by atoms with E-state index in [1.165, 1.54) is 37.1 Å². The molecule has 2 aromatic heterocycles. The fraction of sp³-hybridized carbons (Fsp3) is 0.0968. The number of benzene rings is 2. The van der Waals surface area contributed by atoms with Gasteiger partial charge in [0, 0.05) is 55.6 Å². The molecule has 45 heavy (non-hydrogen) atoms. The lowest BCUT2D eigenvalue weighted by Gasteiger charge is -2.18. The third-order valence-corrected chi connectivity index (χ3v) is 6.36. The Bertz CT molecular complexity index is 1790. The van der Waals surface area contributed by atoms with E-state index in [0.717, 1.165) is 23.5 Å². The van der Waals surface area contributed by atoms with Crippen LogP contribution in [0.4, 0.5) is 29.3 Å². The SMILES string of the molecule is CN(C)C1=N/C(=C(/C=N)c2ccc(Oc3ncc(NC(=O)Nc4cc(C(F)(F)F)ccc4-c4cccnc4)cn3)cc2)NC=C1. The molecular formula is C31H26F3N9O2. The number of carbonyl (C=O) groups excluding carboxylic acids is 1. The number of alkyl halides is 3. The number of urea groups is 1. The number of hydrogen-bond donors (Lipinski definition) is 4. The van der Waals surface area contributed by atoms with Gasteiger partial charge in [0.15, 0.2) is 0 Å². The van der Waals surface area contributed by atoms with E-state index in [0.29, 0.717) is 28.3 Å². The first kappa shape index (κ1) is 30.4. The predicted octanol–water partition coefficient (Wildman–Crippen LogP) is 6.39. The molecule has 0 saturated heterocycles. The lowest BCUT2D eigenvalue weighted by Crippen LogP contribution is -2.25. The summed E-state index contributed by atoms with van der Waals surface area (Å²) in [4.78, 5) is 31.3. The number of rotatable bonds is 7. The summed E-state index contributed by atoms with van der Waals surface area (Å²) >= 11 is 0. The van der Waals surface area contributed by atoms with E-state index in [9.17, 15) is 18.0 Å². The molecule has 0 radical (unpaired) electrons. The predicted molar refractivity (Wildman–Crippen MR) is 165 cm³/mol. The third kappa shape index (κ3) is 7.48. The topological polar surface area (TPSA) is 141 Å². The van der Waals surface area contributed by atoms with Crippen LogP contribution in [0.15, 0.2) is 102 Å². The number of aliphatic imine (C=N–C) groups is 1. The zero-order valence-electron chi connectivity index (χ0n) is 23.9. The molecule has 5 rings (SSSR count). The number of ether oxygens (including phenoxy) is 1. The monoisotopic (exact) mass is 613 g/mol. The zero-order chi connectivity index (χ0) is 32.0. The fourth-order valence-corrected chi connectivity index (χ4v) is 4.18. The van der Waals surface area contributed by atoms with E-state index in [4.69, 9.17) is 10.1 Å². The minimum Gasteiger partial charge on any atom is -0.424 e. The van der Waals surface area contributed by atoms with Crippen LogP contribution in [0.5, 0.6) is 11.8 Å². The lowest BCUT2D eigenvalue weighted by molar-refractivity contribution is -0.137. The van der Waals surface area contributed by atoms with Gasteiger partial charge in [-0.2, -0.15) is 13.2 Å². The summed E-state index contributed by atoms with van der Waals surface area (Å²) in [6.45, 7) is 0. The van der Waals surface area contributed by atoms with Gasteiger partial charge in [-0.25, -0.2) is 19.8 Å². The quantitative estimate of drug-likeness (QED) is 0.177. The summed E-state index contributed by atoms with van der Waals surface area (Å²) in [5.74, 6) is 1.69. The van der Waals surface area contributed by atoms with Gasteiger partial charge in [-0.3, -0.25) is 4.98 Å². The van der Waals surface area contributed by atoms with E-state index in [2.05, 4.69) is 35.9 Å². The van der Waals surface area contributed by atoms with Crippen molar-refractivity contribution in [3.05, 3.63) is 109 Å². The van der Waals surface area contributed by atoms with Crippen LogP contribution in [0.3, 0.4) is 0 Å². The summed E-state index contributed by atoms with van der Waals surface area (Å²) in [6.07, 6.45) is 5.80. The van der Waals surface area contributed by atoms with Crippen LogP contribution in [0.1, 0.15) is 11.1 Å². The molecule has 0 saturated carbocycles. The number of halogens is 3. The molecule has 4 aromatic rings. The van der Waals surface area contributed by atoms with Crippen molar-refractivity contribution in [2.45, 2.75) is 6.18 Å². The number of nitrogens with one attached hydrogen (secondary N) is 4. The molecule has 0 aliphatic carbocycles. The van der Waals surface area contributed by atoms with Crippen LogP contribution in [-0.4, -0.2) is 52.0 Å². The molecule has 0 atom stereocenters. The molecule has 4 N–H and O–H groups in total. The number of carbonyl (C=O) groups is 1. The van der Waals surface area contributed by atoms with E-state index < -0.39 is 17.8 Å². The van der Waals surface area contributed by atoms with E-state index in [1.807, 2.05) is 25.1 Å². The highest BCUT2D eigenvalue weighted by Gasteiger charge is 2.31. The first-order chi connectivity index (χ1) is 21.6. The smallest absolute Gasteiger partial charge is 0.416 e. The fourth-order valence-electron chi connectivity index (χ4n) is 4.18. The Hall–Kier alpha value is -6.05. The van der Waals surface area contributed by atoms with Gasteiger partial charge in [-0.15, -0.1) is 0 Å². The summed E-state index contributed by atoms with van der Waals surface area (Å²) < 4.78 is 45.8. The van der Waals surface area contributed by atoms with Crippen molar-refractivity contribution >= 4 is 35.0 Å². The van der Waals surface area contributed by atoms with Crippen molar-refractivity contribution in [1.82, 2.24) is 25.2 Å². The maximum atomic E-state index is 13.4. The second-order valence-electron chi connectivity index (χ2n) is 9.71. The number of anilines is 2. The number of aromatic nitrogens is 3. The van der Waals surface area contributed by atoms with Gasteiger partial charge >= 0.3 is 18.2 Å². The molecule has 11 nitrogen and oxygen atoms in total. The van der Waals surface area contributed by atoms with Gasteiger partial charge < -0.3 is 31.0 Å². The van der Waals surface area contributed by atoms with Gasteiger partial charge in [0.2, 0.25) is 0 Å². The number of allylic oxidation sites excluding steroid dienone is 1. The number of nitrogens with zero attached hydrogens (tertiary/aromatic N) is 5. The first-order valence-electron chi connectivity index (χ1n) is 13.3. The Morgan fingerprint density at radius 2 is 1.78 bits per heavy atom. The highest BCUT2D eigenvalue weighted by Crippen LogP contribution is 2.36. The Morgan fingerprint density at radius 1 is 1.02 bits per heavy atom. The molecule has 1 aliphatic rings. The number of amidine groups is 1. The Labute approximate surface area is 255 Å². The normalized spacial score (nSPS) is 13.7. The van der Waals surface area contributed by atoms with Gasteiger partial charge in [-0.05, 0) is 42.0 Å². The molecular weight excluding hydrogens is 587 g/mol. The number of hydrogen-bond acceptors (Lipinski definition) is 9. The van der Waals surface area contributed by atoms with Gasteiger partial charge in [0.25, 0.3) is 0 Å². The average molecular weight is 614 g/mol. The zero-order valence-corrected chi connectivity index (χ0v) is 23.9. The highest BCUT2D eigenvalue weighted by molar-refractivity contribution is 6.10. The third-order valence-electron chi connectivity index (χ3n) is 6.36. The van der Waals surface area contributed by atoms with E-state index in [1.54, 1.807) is 42.6 Å². The van der Waals surface area contributed by atoms with Crippen molar-refractivity contribution in [2.75, 3.05) is 24.7 Å². The molecule has 0 unspecified atom stereocenters. The van der Waals surface area contributed by atoms with Crippen molar-refractivity contribution in [1.29, 1.82) is 5.41 Å². The van der Waals surface area contributed by atoms with Crippen LogP contribution in [0.25, 0.3) is 16.7 Å². The Balaban J connectivity index is 1.25. The van der Waals surface area contributed by atoms with Crippen molar-refractivity contribution in [2.24, 2.45) is 4.99 Å². The van der Waals surface area contributed by atoms with E-state index in [-0.39, 0.29) is 17.4 Å². The minimum absolute atomic E-state index is 0.00427. The summed E-state index contributed by atoms with van der Waals surface area (Å²) in [5, 5.41) is 15.9. The van der Waals surface area contributed by atoms with E-state index >= 15 is 0 Å². The Kier molecular flexibility index (Phi) is 8.84. The summed E-state index contributed by atoms with van der Waals surface area (Å²) in [7, 11) is 3.75. The van der Waals surface area contributed by atoms with Gasteiger partial charge in [0.1, 0.15) is 17.4 Å². The molecule has 2 amide bonds. The molecule has 0 bridgehead atoms. The second-order valence-corrected chi connectivity index (χ2v) is 9.71. The minimum atomic E-state index is -4.60. The van der Waals surface area contributed by atoms with Crippen molar-refractivity contribution < 1.29 is 22.7 Å². The largest absolute Gasteiger partial charge is 0.424 e. The average Bonchev–Trinajstić information content (AvgIpc) is 3.03. The van der Waals surface area contributed by atoms with Crippen LogP contribution >= 0.6 is 0 Å². The number of pyridine rings is 1. The Morgan fingerprint density at radius 3 is 2.42 bits per heavy atom. The van der Waals surface area contributed by atoms with Crippen molar-refractivity contribution in [3.8, 4) is 22.9 Å². The molecule has 0 fully saturated rings. The second kappa shape index (κ2) is 13.1. The molecule has 3 heterocycles. The number of amides is 2. The van der Waals surface area contributed by atoms with Crippen LogP contribution < -0.4 is 20.7 Å². The molecule has 0 spiro atoms. The maximum Gasteiger partial charge on any atom is 0.416 e. The first-order valence-corrected chi connectivity index (χ1v) is 13.3. The summed E-state index contributed by atoms with van der Waals surface area (Å²) in [6, 6.07) is 12.5. The molecule has 2 aromatic carbocycles. The molecule has 228 valence electrons. The van der Waals surface area contributed by atoms with Crippen LogP contribution in [-0.2, 0) is 6.18 Å². The van der Waals surface area contributed by atoms with Crippen LogP contribution in [0, 0.1) is 5.41 Å². The van der Waals surface area contributed by atoms with Crippen molar-refractivity contribution in [3.63, 3.8) is 0 Å². The van der Waals surface area contributed by atoms with Crippen LogP contribution in [0.2, 0.25) is 0 Å². The molecule has 14 heteroatoms. The maximum absolute atomic E-state index is 13.4. The molecule has 1 aliphatic heterocycles. The lowest BCUT2D eigenvalue weighted by atomic mass is 10.0. The highest BCUT2D eigenvalue weighted by atomic mass is 19.4. The van der Waals surface area contributed by atoms with Gasteiger partial charge in [-0.1, -0.05) is 24.3 Å². The summed E-state index contributed by atoms with van der Waals surface area (Å²) in [5.41, 5.74) is 1.41. The standard InChI is InChI=1S/C31H26F3N9O2/c1-43(2)27-11-13-37-28(42-27)25(15-35)19-5-8-23(9-6-19)45-30-38-17-22(18-39-30)40-29(44)41-26-14-21(31(32,33)34)7-10-24(26)20-4-3-12-36-16-20/h3-18,35,37H,1-2H3,(H2,40,41,44)/b28-25-,35-15?. The number of likely N-dealkylation sites (N-methyl/N-ethyl adjacent to an activating group) is 1.